The summed E-state index contributed by atoms with van der Waals surface area (Å²) in [5, 5.41) is 3.27. The van der Waals surface area contributed by atoms with Gasteiger partial charge in [-0.05, 0) is 55.5 Å². The molecule has 0 radical (unpaired) electrons. The van der Waals surface area contributed by atoms with Gasteiger partial charge in [0.25, 0.3) is 0 Å². The smallest absolute Gasteiger partial charge is 0.125 e. The van der Waals surface area contributed by atoms with E-state index in [1.807, 2.05) is 0 Å². The van der Waals surface area contributed by atoms with Crippen LogP contribution in [0, 0.1) is 17.7 Å². The van der Waals surface area contributed by atoms with Crippen molar-refractivity contribution in [2.75, 3.05) is 18.0 Å². The Labute approximate surface area is 122 Å². The summed E-state index contributed by atoms with van der Waals surface area (Å²) in [6.07, 6.45) is 1.26. The Morgan fingerprint density at radius 1 is 1.25 bits per heavy atom. The molecule has 0 aromatic heterocycles. The molecule has 1 saturated heterocycles. The third kappa shape index (κ3) is 3.51. The van der Waals surface area contributed by atoms with Gasteiger partial charge in [-0.25, -0.2) is 4.39 Å². The SMILES string of the molecule is CCNCc1cc(F)cc(N2CC(C)CC(C)C2C)c1. The zero-order valence-corrected chi connectivity index (χ0v) is 13.1. The molecule has 0 spiro atoms. The molecule has 3 heteroatoms. The van der Waals surface area contributed by atoms with Crippen LogP contribution in [0.4, 0.5) is 10.1 Å². The molecule has 0 aliphatic carbocycles. The molecule has 1 heterocycles. The number of hydrogen-bond donors (Lipinski definition) is 1. The maximum Gasteiger partial charge on any atom is 0.125 e. The second-order valence-electron chi connectivity index (χ2n) is 6.31. The molecule has 20 heavy (non-hydrogen) atoms. The Morgan fingerprint density at radius 3 is 2.70 bits per heavy atom. The molecular formula is C17H27FN2. The van der Waals surface area contributed by atoms with Gasteiger partial charge in [-0.1, -0.05) is 20.8 Å². The first-order valence-corrected chi connectivity index (χ1v) is 7.78. The molecule has 0 amide bonds. The summed E-state index contributed by atoms with van der Waals surface area (Å²) < 4.78 is 13.9. The van der Waals surface area contributed by atoms with Crippen molar-refractivity contribution in [2.24, 2.45) is 11.8 Å². The van der Waals surface area contributed by atoms with E-state index in [4.69, 9.17) is 0 Å². The van der Waals surface area contributed by atoms with E-state index < -0.39 is 0 Å². The molecule has 3 unspecified atom stereocenters. The van der Waals surface area contributed by atoms with Gasteiger partial charge in [0.1, 0.15) is 5.82 Å². The van der Waals surface area contributed by atoms with Crippen LogP contribution in [0.25, 0.3) is 0 Å². The van der Waals surface area contributed by atoms with Crippen LogP contribution in [0.5, 0.6) is 0 Å². The molecule has 1 aromatic carbocycles. The molecular weight excluding hydrogens is 251 g/mol. The van der Waals surface area contributed by atoms with Crippen molar-refractivity contribution < 1.29 is 4.39 Å². The Kier molecular flexibility index (Phi) is 5.03. The van der Waals surface area contributed by atoms with Crippen molar-refractivity contribution in [3.8, 4) is 0 Å². The average Bonchev–Trinajstić information content (AvgIpc) is 2.40. The predicted octanol–water partition coefficient (Wildman–Crippen LogP) is 3.81. The highest BCUT2D eigenvalue weighted by molar-refractivity contribution is 5.50. The molecule has 2 rings (SSSR count). The Hall–Kier alpha value is -1.09. The standard InChI is InChI=1S/C17H27FN2/c1-5-19-10-15-7-16(18)9-17(8-15)20-11-12(2)6-13(3)14(20)4/h7-9,12-14,19H,5-6,10-11H2,1-4H3. The zero-order valence-electron chi connectivity index (χ0n) is 13.1. The molecule has 2 nitrogen and oxygen atoms in total. The van der Waals surface area contributed by atoms with Crippen LogP contribution in [-0.2, 0) is 6.54 Å². The third-order valence-electron chi connectivity index (χ3n) is 4.45. The quantitative estimate of drug-likeness (QED) is 0.901. The number of nitrogens with one attached hydrogen (secondary N) is 1. The minimum atomic E-state index is -0.131. The van der Waals surface area contributed by atoms with Crippen molar-refractivity contribution in [2.45, 2.75) is 46.7 Å². The summed E-state index contributed by atoms with van der Waals surface area (Å²) in [7, 11) is 0. The topological polar surface area (TPSA) is 15.3 Å². The van der Waals surface area contributed by atoms with E-state index in [-0.39, 0.29) is 5.82 Å². The van der Waals surface area contributed by atoms with Gasteiger partial charge < -0.3 is 10.2 Å². The monoisotopic (exact) mass is 278 g/mol. The lowest BCUT2D eigenvalue weighted by molar-refractivity contribution is 0.297. The van der Waals surface area contributed by atoms with E-state index in [1.165, 1.54) is 6.42 Å². The van der Waals surface area contributed by atoms with E-state index in [0.29, 0.717) is 17.9 Å². The van der Waals surface area contributed by atoms with E-state index in [0.717, 1.165) is 30.9 Å². The summed E-state index contributed by atoms with van der Waals surface area (Å²) >= 11 is 0. The molecule has 1 aromatic rings. The van der Waals surface area contributed by atoms with Gasteiger partial charge in [0.15, 0.2) is 0 Å². The first-order chi connectivity index (χ1) is 9.51. The second kappa shape index (κ2) is 6.57. The number of hydrogen-bond acceptors (Lipinski definition) is 2. The van der Waals surface area contributed by atoms with Crippen molar-refractivity contribution in [3.63, 3.8) is 0 Å². The number of piperidine rings is 1. The molecule has 1 fully saturated rings. The highest BCUT2D eigenvalue weighted by Crippen LogP contribution is 2.32. The number of anilines is 1. The maximum atomic E-state index is 13.9. The lowest BCUT2D eigenvalue weighted by Crippen LogP contribution is -2.45. The van der Waals surface area contributed by atoms with Crippen LogP contribution in [0.1, 0.15) is 39.7 Å². The van der Waals surface area contributed by atoms with Crippen LogP contribution < -0.4 is 10.2 Å². The largest absolute Gasteiger partial charge is 0.368 e. The lowest BCUT2D eigenvalue weighted by Gasteiger charge is -2.42. The van der Waals surface area contributed by atoms with Gasteiger partial charge in [0, 0.05) is 24.8 Å². The molecule has 0 bridgehead atoms. The van der Waals surface area contributed by atoms with Crippen molar-refractivity contribution in [1.82, 2.24) is 5.32 Å². The summed E-state index contributed by atoms with van der Waals surface area (Å²) in [4.78, 5) is 2.37. The summed E-state index contributed by atoms with van der Waals surface area (Å²) in [5.74, 6) is 1.19. The third-order valence-corrected chi connectivity index (χ3v) is 4.45. The van der Waals surface area contributed by atoms with Crippen molar-refractivity contribution in [1.29, 1.82) is 0 Å². The van der Waals surface area contributed by atoms with Crippen molar-refractivity contribution >= 4 is 5.69 Å². The first-order valence-electron chi connectivity index (χ1n) is 7.78. The summed E-state index contributed by atoms with van der Waals surface area (Å²) in [6, 6.07) is 5.91. The average molecular weight is 278 g/mol. The maximum absolute atomic E-state index is 13.9. The molecule has 1 aliphatic heterocycles. The first kappa shape index (κ1) is 15.3. The van der Waals surface area contributed by atoms with Crippen LogP contribution in [-0.4, -0.2) is 19.1 Å². The van der Waals surface area contributed by atoms with Gasteiger partial charge in [-0.15, -0.1) is 0 Å². The number of nitrogens with zero attached hydrogens (tertiary/aromatic N) is 1. The van der Waals surface area contributed by atoms with Gasteiger partial charge in [0.05, 0.1) is 0 Å². The predicted molar refractivity (Wildman–Crippen MR) is 83.5 cm³/mol. The van der Waals surface area contributed by atoms with Gasteiger partial charge >= 0.3 is 0 Å². The van der Waals surface area contributed by atoms with Crippen LogP contribution in [0.3, 0.4) is 0 Å². The van der Waals surface area contributed by atoms with E-state index in [9.17, 15) is 4.39 Å². The second-order valence-corrected chi connectivity index (χ2v) is 6.31. The number of rotatable bonds is 4. The zero-order chi connectivity index (χ0) is 14.7. The minimum Gasteiger partial charge on any atom is -0.368 e. The van der Waals surface area contributed by atoms with E-state index in [2.05, 4.69) is 44.0 Å². The van der Waals surface area contributed by atoms with Crippen LogP contribution in [0.15, 0.2) is 18.2 Å². The molecule has 0 saturated carbocycles. The molecule has 1 aliphatic rings. The molecule has 112 valence electrons. The Morgan fingerprint density at radius 2 is 2.00 bits per heavy atom. The van der Waals surface area contributed by atoms with Gasteiger partial charge in [0.2, 0.25) is 0 Å². The minimum absolute atomic E-state index is 0.131. The highest BCUT2D eigenvalue weighted by atomic mass is 19.1. The fraction of sp³-hybridized carbons (Fsp3) is 0.647. The highest BCUT2D eigenvalue weighted by Gasteiger charge is 2.29. The lowest BCUT2D eigenvalue weighted by atomic mass is 9.85. The van der Waals surface area contributed by atoms with Crippen LogP contribution >= 0.6 is 0 Å². The fourth-order valence-corrected chi connectivity index (χ4v) is 3.23. The van der Waals surface area contributed by atoms with E-state index >= 15 is 0 Å². The van der Waals surface area contributed by atoms with Crippen molar-refractivity contribution in [3.05, 3.63) is 29.6 Å². The summed E-state index contributed by atoms with van der Waals surface area (Å²) in [6.45, 7) is 11.6. The molecule has 1 N–H and O–H groups in total. The van der Waals surface area contributed by atoms with Gasteiger partial charge in [-0.3, -0.25) is 0 Å². The van der Waals surface area contributed by atoms with Crippen LogP contribution in [0.2, 0.25) is 0 Å². The number of benzene rings is 1. The molecule has 3 atom stereocenters. The normalized spacial score (nSPS) is 26.9. The van der Waals surface area contributed by atoms with Gasteiger partial charge in [-0.2, -0.15) is 0 Å². The fourth-order valence-electron chi connectivity index (χ4n) is 3.23. The van der Waals surface area contributed by atoms with E-state index in [1.54, 1.807) is 12.1 Å². The Bertz CT molecular complexity index is 447. The number of halogens is 1. The Balaban J connectivity index is 2.24. The summed E-state index contributed by atoms with van der Waals surface area (Å²) in [5.41, 5.74) is 2.06.